The van der Waals surface area contributed by atoms with Crippen molar-refractivity contribution in [3.63, 3.8) is 0 Å². The molecule has 2 N–H and O–H groups in total. The van der Waals surface area contributed by atoms with Crippen molar-refractivity contribution in [2.75, 3.05) is 13.1 Å². The second kappa shape index (κ2) is 9.64. The topological polar surface area (TPSA) is 87.0 Å². The van der Waals surface area contributed by atoms with Crippen molar-refractivity contribution in [3.8, 4) is 11.4 Å². The van der Waals surface area contributed by atoms with E-state index in [-0.39, 0.29) is 17.2 Å². The molecule has 2 aromatic heterocycles. The van der Waals surface area contributed by atoms with E-state index >= 15 is 0 Å². The van der Waals surface area contributed by atoms with Gasteiger partial charge in [0.2, 0.25) is 0 Å². The maximum Gasteiger partial charge on any atom is 0.262 e. The van der Waals surface area contributed by atoms with E-state index in [1.54, 1.807) is 28.9 Å². The second-order valence-corrected chi connectivity index (χ2v) is 10.2. The largest absolute Gasteiger partial charge is 0.508 e. The molecule has 9 heteroatoms. The van der Waals surface area contributed by atoms with Gasteiger partial charge in [0.05, 0.1) is 15.7 Å². The van der Waals surface area contributed by atoms with E-state index < -0.39 is 0 Å². The molecule has 0 radical (unpaired) electrons. The molecule has 3 heterocycles. The number of rotatable bonds is 6. The number of aromatic hydroxyl groups is 1. The number of aromatic nitrogens is 4. The van der Waals surface area contributed by atoms with E-state index in [2.05, 4.69) is 15.0 Å². The molecule has 0 bridgehead atoms. The molecule has 182 valence electrons. The summed E-state index contributed by atoms with van der Waals surface area (Å²) in [5.41, 5.74) is 3.00. The molecule has 1 aliphatic heterocycles. The van der Waals surface area contributed by atoms with Crippen LogP contribution in [0.25, 0.3) is 16.7 Å². The molecule has 4 aromatic rings. The van der Waals surface area contributed by atoms with Crippen LogP contribution in [-0.4, -0.2) is 42.8 Å². The van der Waals surface area contributed by atoms with E-state index in [0.29, 0.717) is 44.7 Å². The van der Waals surface area contributed by atoms with Crippen molar-refractivity contribution in [2.45, 2.75) is 45.6 Å². The van der Waals surface area contributed by atoms with Crippen LogP contribution in [0.1, 0.15) is 55.3 Å². The van der Waals surface area contributed by atoms with Gasteiger partial charge in [-0.25, -0.2) is 9.67 Å². The molecule has 0 aliphatic carbocycles. The van der Waals surface area contributed by atoms with Crippen molar-refractivity contribution in [1.82, 2.24) is 24.6 Å². The number of fused-ring (bicyclic) bond motifs is 1. The zero-order valence-electron chi connectivity index (χ0n) is 19.7. The molecule has 1 saturated heterocycles. The standard InChI is InChI=1S/C26H27Cl2N5O2/c1-15(2)23-22-25(33(31-23)24-18(27)6-5-7-19(24)28)29-21(30-26(22)35)13-16-8-9-17(20(34)12-16)14-32-10-3-4-11-32/h5-9,12,15,34H,3-4,10-11,13-14H2,1-2H3,(H,29,30,35). The Kier molecular flexibility index (Phi) is 6.57. The highest BCUT2D eigenvalue weighted by molar-refractivity contribution is 6.37. The smallest absolute Gasteiger partial charge is 0.262 e. The van der Waals surface area contributed by atoms with Gasteiger partial charge in [-0.05, 0) is 55.6 Å². The van der Waals surface area contributed by atoms with Crippen LogP contribution in [0, 0.1) is 0 Å². The minimum Gasteiger partial charge on any atom is -0.508 e. The van der Waals surface area contributed by atoms with Gasteiger partial charge in [0.1, 0.15) is 22.6 Å². The molecule has 1 fully saturated rings. The third-order valence-corrected chi connectivity index (χ3v) is 7.03. The first kappa shape index (κ1) is 23.9. The van der Waals surface area contributed by atoms with Crippen LogP contribution < -0.4 is 5.56 Å². The van der Waals surface area contributed by atoms with Crippen molar-refractivity contribution in [3.05, 3.63) is 79.4 Å². The Morgan fingerprint density at radius 2 is 1.83 bits per heavy atom. The molecule has 0 spiro atoms. The average Bonchev–Trinajstić information content (AvgIpc) is 3.44. The summed E-state index contributed by atoms with van der Waals surface area (Å²) in [7, 11) is 0. The van der Waals surface area contributed by atoms with E-state index in [0.717, 1.165) is 30.8 Å². The van der Waals surface area contributed by atoms with E-state index in [1.165, 1.54) is 12.8 Å². The third-order valence-electron chi connectivity index (χ3n) is 6.42. The zero-order chi connectivity index (χ0) is 24.7. The fourth-order valence-corrected chi connectivity index (χ4v) is 5.22. The van der Waals surface area contributed by atoms with Crippen LogP contribution in [0.2, 0.25) is 10.0 Å². The summed E-state index contributed by atoms with van der Waals surface area (Å²) in [4.78, 5) is 23.2. The molecule has 1 aliphatic rings. The molecule has 0 atom stereocenters. The SMILES string of the molecule is CC(C)c1nn(-c2c(Cl)cccc2Cl)c2nc(Cc3ccc(CN4CCCC4)c(O)c3)[nH]c(=O)c12. The Balaban J connectivity index is 1.55. The lowest BCUT2D eigenvalue weighted by Crippen LogP contribution is -2.18. The van der Waals surface area contributed by atoms with Crippen LogP contribution >= 0.6 is 23.2 Å². The van der Waals surface area contributed by atoms with Crippen LogP contribution in [0.4, 0.5) is 0 Å². The number of benzene rings is 2. The van der Waals surface area contributed by atoms with Crippen LogP contribution in [0.5, 0.6) is 5.75 Å². The Labute approximate surface area is 213 Å². The van der Waals surface area contributed by atoms with Gasteiger partial charge in [0.25, 0.3) is 5.56 Å². The van der Waals surface area contributed by atoms with Crippen molar-refractivity contribution in [2.24, 2.45) is 0 Å². The number of halogens is 2. The first-order valence-corrected chi connectivity index (χ1v) is 12.6. The lowest BCUT2D eigenvalue weighted by molar-refractivity contribution is 0.324. The van der Waals surface area contributed by atoms with Gasteiger partial charge in [0, 0.05) is 18.5 Å². The molecule has 5 rings (SSSR count). The lowest BCUT2D eigenvalue weighted by atomic mass is 10.1. The predicted octanol–water partition coefficient (Wildman–Crippen LogP) is 5.43. The third kappa shape index (κ3) is 4.68. The Morgan fingerprint density at radius 3 is 2.49 bits per heavy atom. The summed E-state index contributed by atoms with van der Waals surface area (Å²) in [5.74, 6) is 0.718. The van der Waals surface area contributed by atoms with Crippen LogP contribution in [0.15, 0.2) is 41.2 Å². The van der Waals surface area contributed by atoms with Gasteiger partial charge in [-0.3, -0.25) is 9.69 Å². The molecule has 0 unspecified atom stereocenters. The fourth-order valence-electron chi connectivity index (χ4n) is 4.66. The second-order valence-electron chi connectivity index (χ2n) is 9.36. The molecular weight excluding hydrogens is 485 g/mol. The van der Waals surface area contributed by atoms with Gasteiger partial charge in [-0.15, -0.1) is 0 Å². The number of hydrogen-bond donors (Lipinski definition) is 2. The molecule has 7 nitrogen and oxygen atoms in total. The number of likely N-dealkylation sites (tertiary alicyclic amines) is 1. The summed E-state index contributed by atoms with van der Waals surface area (Å²) >= 11 is 12.9. The quantitative estimate of drug-likeness (QED) is 0.360. The summed E-state index contributed by atoms with van der Waals surface area (Å²) in [6.45, 7) is 6.81. The average molecular weight is 512 g/mol. The summed E-state index contributed by atoms with van der Waals surface area (Å²) < 4.78 is 1.56. The minimum atomic E-state index is -0.266. The van der Waals surface area contributed by atoms with Crippen molar-refractivity contribution >= 4 is 34.2 Å². The Hall–Kier alpha value is -2.87. The first-order valence-electron chi connectivity index (χ1n) is 11.8. The van der Waals surface area contributed by atoms with Gasteiger partial charge in [0.15, 0.2) is 5.65 Å². The highest BCUT2D eigenvalue weighted by Gasteiger charge is 2.22. The number of aromatic amines is 1. The lowest BCUT2D eigenvalue weighted by Gasteiger charge is -2.16. The maximum atomic E-state index is 13.2. The van der Waals surface area contributed by atoms with Gasteiger partial charge in [-0.2, -0.15) is 5.10 Å². The maximum absolute atomic E-state index is 13.2. The Morgan fingerprint density at radius 1 is 1.11 bits per heavy atom. The first-order chi connectivity index (χ1) is 16.8. The Bertz CT molecular complexity index is 1430. The summed E-state index contributed by atoms with van der Waals surface area (Å²) in [6.07, 6.45) is 2.75. The molecular formula is C26H27Cl2N5O2. The highest BCUT2D eigenvalue weighted by atomic mass is 35.5. The number of phenolic OH excluding ortho intramolecular Hbond substituents is 1. The molecule has 2 aromatic carbocycles. The highest BCUT2D eigenvalue weighted by Crippen LogP contribution is 2.32. The van der Waals surface area contributed by atoms with Crippen molar-refractivity contribution in [1.29, 1.82) is 0 Å². The van der Waals surface area contributed by atoms with E-state index in [9.17, 15) is 9.90 Å². The van der Waals surface area contributed by atoms with Gasteiger partial charge < -0.3 is 10.1 Å². The summed E-state index contributed by atoms with van der Waals surface area (Å²) in [6, 6.07) is 10.9. The van der Waals surface area contributed by atoms with E-state index in [4.69, 9.17) is 28.2 Å². The summed E-state index contributed by atoms with van der Waals surface area (Å²) in [5, 5.41) is 16.5. The van der Waals surface area contributed by atoms with Crippen LogP contribution in [0.3, 0.4) is 0 Å². The van der Waals surface area contributed by atoms with Crippen molar-refractivity contribution < 1.29 is 5.11 Å². The normalized spacial score (nSPS) is 14.4. The molecule has 0 amide bonds. The van der Waals surface area contributed by atoms with Gasteiger partial charge >= 0.3 is 0 Å². The number of hydrogen-bond acceptors (Lipinski definition) is 5. The molecule has 35 heavy (non-hydrogen) atoms. The van der Waals surface area contributed by atoms with Crippen LogP contribution in [-0.2, 0) is 13.0 Å². The fraction of sp³-hybridized carbons (Fsp3) is 0.346. The van der Waals surface area contributed by atoms with Gasteiger partial charge in [-0.1, -0.05) is 55.2 Å². The zero-order valence-corrected chi connectivity index (χ0v) is 21.2. The molecule has 0 saturated carbocycles. The number of para-hydroxylation sites is 1. The minimum absolute atomic E-state index is 0.00568. The number of nitrogens with one attached hydrogen (secondary N) is 1. The predicted molar refractivity (Wildman–Crippen MR) is 139 cm³/mol. The monoisotopic (exact) mass is 511 g/mol. The number of phenols is 1. The number of H-pyrrole nitrogens is 1. The van der Waals surface area contributed by atoms with E-state index in [1.807, 2.05) is 26.0 Å². The number of nitrogens with zero attached hydrogens (tertiary/aromatic N) is 4.